The van der Waals surface area contributed by atoms with E-state index >= 15 is 0 Å². The SMILES string of the molecule is CCCC[C@H](CC)CCS(C)(=O)=O. The normalized spacial score (nSPS) is 14.4. The Morgan fingerprint density at radius 3 is 2.15 bits per heavy atom. The first-order chi connectivity index (χ1) is 5.99. The van der Waals surface area contributed by atoms with Crippen molar-refractivity contribution >= 4 is 9.84 Å². The number of rotatable bonds is 7. The summed E-state index contributed by atoms with van der Waals surface area (Å²) in [5.74, 6) is 0.963. The molecule has 0 unspecified atom stereocenters. The molecule has 0 radical (unpaired) electrons. The minimum atomic E-state index is -2.75. The van der Waals surface area contributed by atoms with Gasteiger partial charge in [0.1, 0.15) is 9.84 Å². The van der Waals surface area contributed by atoms with Crippen molar-refractivity contribution in [2.75, 3.05) is 12.0 Å². The Morgan fingerprint density at radius 2 is 1.77 bits per heavy atom. The molecule has 0 aliphatic rings. The third-order valence-electron chi connectivity index (χ3n) is 2.44. The van der Waals surface area contributed by atoms with Gasteiger partial charge in [0.2, 0.25) is 0 Å². The van der Waals surface area contributed by atoms with Gasteiger partial charge in [-0.3, -0.25) is 0 Å². The molecular formula is C10H22O2S. The Hall–Kier alpha value is -0.0500. The summed E-state index contributed by atoms with van der Waals surface area (Å²) in [6.45, 7) is 4.31. The quantitative estimate of drug-likeness (QED) is 0.641. The third-order valence-corrected chi connectivity index (χ3v) is 3.42. The zero-order valence-electron chi connectivity index (χ0n) is 9.04. The van der Waals surface area contributed by atoms with E-state index in [0.29, 0.717) is 11.7 Å². The summed E-state index contributed by atoms with van der Waals surface area (Å²) in [6.07, 6.45) is 6.88. The van der Waals surface area contributed by atoms with E-state index in [9.17, 15) is 8.42 Å². The molecule has 0 bridgehead atoms. The predicted octanol–water partition coefficient (Wildman–Crippen LogP) is 2.64. The maximum Gasteiger partial charge on any atom is 0.147 e. The molecule has 2 nitrogen and oxygen atoms in total. The molecule has 0 aromatic rings. The Morgan fingerprint density at radius 1 is 1.15 bits per heavy atom. The first-order valence-corrected chi connectivity index (χ1v) is 7.23. The van der Waals surface area contributed by atoms with Crippen LogP contribution in [-0.4, -0.2) is 20.4 Å². The lowest BCUT2D eigenvalue weighted by Crippen LogP contribution is -2.09. The molecule has 0 amide bonds. The highest BCUT2D eigenvalue weighted by Crippen LogP contribution is 2.16. The van der Waals surface area contributed by atoms with E-state index in [0.717, 1.165) is 12.8 Å². The molecule has 1 atom stereocenters. The van der Waals surface area contributed by atoms with Crippen molar-refractivity contribution in [2.45, 2.75) is 46.0 Å². The van der Waals surface area contributed by atoms with Gasteiger partial charge < -0.3 is 0 Å². The summed E-state index contributed by atoms with van der Waals surface area (Å²) in [4.78, 5) is 0. The van der Waals surface area contributed by atoms with E-state index in [1.807, 2.05) is 0 Å². The van der Waals surface area contributed by atoms with Gasteiger partial charge in [-0.05, 0) is 12.3 Å². The van der Waals surface area contributed by atoms with Crippen LogP contribution in [0.5, 0.6) is 0 Å². The Labute approximate surface area is 82.6 Å². The summed E-state index contributed by atoms with van der Waals surface area (Å²) in [5.41, 5.74) is 0. The second-order valence-electron chi connectivity index (χ2n) is 3.84. The average Bonchev–Trinajstić information content (AvgIpc) is 2.03. The van der Waals surface area contributed by atoms with Crippen LogP contribution in [0, 0.1) is 5.92 Å². The molecule has 0 fully saturated rings. The highest BCUT2D eigenvalue weighted by Gasteiger charge is 2.09. The van der Waals surface area contributed by atoms with Crippen molar-refractivity contribution in [3.05, 3.63) is 0 Å². The Balaban J connectivity index is 3.72. The van der Waals surface area contributed by atoms with E-state index in [4.69, 9.17) is 0 Å². The van der Waals surface area contributed by atoms with Gasteiger partial charge >= 0.3 is 0 Å². The van der Waals surface area contributed by atoms with Crippen molar-refractivity contribution in [3.63, 3.8) is 0 Å². The van der Waals surface area contributed by atoms with Crippen LogP contribution < -0.4 is 0 Å². The van der Waals surface area contributed by atoms with Gasteiger partial charge in [0, 0.05) is 6.26 Å². The van der Waals surface area contributed by atoms with Crippen LogP contribution in [0.2, 0.25) is 0 Å². The van der Waals surface area contributed by atoms with Crippen molar-refractivity contribution in [2.24, 2.45) is 5.92 Å². The van der Waals surface area contributed by atoms with Crippen LogP contribution in [0.1, 0.15) is 46.0 Å². The monoisotopic (exact) mass is 206 g/mol. The number of unbranched alkanes of at least 4 members (excludes halogenated alkanes) is 1. The molecule has 13 heavy (non-hydrogen) atoms. The van der Waals surface area contributed by atoms with Gasteiger partial charge in [0.05, 0.1) is 5.75 Å². The molecule has 3 heteroatoms. The second kappa shape index (κ2) is 6.41. The van der Waals surface area contributed by atoms with E-state index in [-0.39, 0.29) is 0 Å². The minimum absolute atomic E-state index is 0.356. The van der Waals surface area contributed by atoms with Crippen LogP contribution in [0.4, 0.5) is 0 Å². The van der Waals surface area contributed by atoms with Gasteiger partial charge in [-0.25, -0.2) is 8.42 Å². The molecule has 0 aliphatic carbocycles. The summed E-state index contributed by atoms with van der Waals surface area (Å²) in [7, 11) is -2.75. The van der Waals surface area contributed by atoms with Crippen molar-refractivity contribution in [1.29, 1.82) is 0 Å². The van der Waals surface area contributed by atoms with Crippen molar-refractivity contribution < 1.29 is 8.42 Å². The molecule has 0 aromatic heterocycles. The van der Waals surface area contributed by atoms with Gasteiger partial charge in [0.15, 0.2) is 0 Å². The standard InChI is InChI=1S/C10H22O2S/c1-4-6-7-10(5-2)8-9-13(3,11)12/h10H,4-9H2,1-3H3/t10-/m0/s1. The summed E-state index contributed by atoms with van der Waals surface area (Å²) >= 11 is 0. The molecule has 0 spiro atoms. The lowest BCUT2D eigenvalue weighted by molar-refractivity contribution is 0.437. The van der Waals surface area contributed by atoms with Crippen LogP contribution in [0.15, 0.2) is 0 Å². The van der Waals surface area contributed by atoms with Crippen LogP contribution in [0.3, 0.4) is 0 Å². The Bertz CT molecular complexity index is 207. The zero-order chi connectivity index (χ0) is 10.3. The van der Waals surface area contributed by atoms with Gasteiger partial charge in [-0.2, -0.15) is 0 Å². The van der Waals surface area contributed by atoms with E-state index in [2.05, 4.69) is 13.8 Å². The molecule has 0 saturated heterocycles. The fourth-order valence-corrected chi connectivity index (χ4v) is 2.19. The summed E-state index contributed by atoms with van der Waals surface area (Å²) in [5, 5.41) is 0. The largest absolute Gasteiger partial charge is 0.229 e. The fourth-order valence-electron chi connectivity index (χ4n) is 1.43. The Kier molecular flexibility index (Phi) is 6.39. The van der Waals surface area contributed by atoms with Crippen molar-refractivity contribution in [3.8, 4) is 0 Å². The van der Waals surface area contributed by atoms with Gasteiger partial charge in [-0.15, -0.1) is 0 Å². The smallest absolute Gasteiger partial charge is 0.147 e. The first-order valence-electron chi connectivity index (χ1n) is 5.17. The van der Waals surface area contributed by atoms with E-state index in [1.54, 1.807) is 0 Å². The molecule has 0 aliphatic heterocycles. The molecule has 0 rings (SSSR count). The summed E-state index contributed by atoms with van der Waals surface area (Å²) < 4.78 is 21.9. The number of sulfone groups is 1. The molecule has 80 valence electrons. The highest BCUT2D eigenvalue weighted by molar-refractivity contribution is 7.90. The number of hydrogen-bond donors (Lipinski definition) is 0. The molecule has 0 heterocycles. The minimum Gasteiger partial charge on any atom is -0.229 e. The maximum atomic E-state index is 10.9. The van der Waals surface area contributed by atoms with Crippen LogP contribution >= 0.6 is 0 Å². The van der Waals surface area contributed by atoms with E-state index in [1.165, 1.54) is 25.5 Å². The third kappa shape index (κ3) is 8.28. The zero-order valence-corrected chi connectivity index (χ0v) is 9.86. The molecule has 0 aromatic carbocycles. The predicted molar refractivity (Wildman–Crippen MR) is 57.6 cm³/mol. The second-order valence-corrected chi connectivity index (χ2v) is 6.09. The highest BCUT2D eigenvalue weighted by atomic mass is 32.2. The number of hydrogen-bond acceptors (Lipinski definition) is 2. The maximum absolute atomic E-state index is 10.9. The molecule has 0 saturated carbocycles. The lowest BCUT2D eigenvalue weighted by atomic mass is 9.97. The van der Waals surface area contributed by atoms with Crippen molar-refractivity contribution in [1.82, 2.24) is 0 Å². The fraction of sp³-hybridized carbons (Fsp3) is 1.00. The van der Waals surface area contributed by atoms with Crippen LogP contribution in [0.25, 0.3) is 0 Å². The summed E-state index contributed by atoms with van der Waals surface area (Å²) in [6, 6.07) is 0. The van der Waals surface area contributed by atoms with Crippen LogP contribution in [-0.2, 0) is 9.84 Å². The van der Waals surface area contributed by atoms with E-state index < -0.39 is 9.84 Å². The molecule has 0 N–H and O–H groups in total. The topological polar surface area (TPSA) is 34.1 Å². The lowest BCUT2D eigenvalue weighted by Gasteiger charge is -2.12. The average molecular weight is 206 g/mol. The first kappa shape index (κ1) is 12.9. The van der Waals surface area contributed by atoms with Gasteiger partial charge in [0.25, 0.3) is 0 Å². The molecular weight excluding hydrogens is 184 g/mol. The van der Waals surface area contributed by atoms with Gasteiger partial charge in [-0.1, -0.05) is 39.5 Å².